The molecular weight excluding hydrogens is 318 g/mol. The van der Waals surface area contributed by atoms with Crippen molar-refractivity contribution in [3.63, 3.8) is 0 Å². The number of likely N-dealkylation sites (tertiary alicyclic amines) is 1. The van der Waals surface area contributed by atoms with Crippen molar-refractivity contribution >= 4 is 12.1 Å². The number of nitrogens with zero attached hydrogens (tertiary/aromatic N) is 3. The van der Waals surface area contributed by atoms with E-state index in [0.29, 0.717) is 13.1 Å². The van der Waals surface area contributed by atoms with Gasteiger partial charge in [-0.1, -0.05) is 12.8 Å². The molecule has 1 heterocycles. The zero-order valence-corrected chi connectivity index (χ0v) is 16.5. The molecule has 25 heavy (non-hydrogen) atoms. The van der Waals surface area contributed by atoms with Crippen molar-refractivity contribution in [1.29, 1.82) is 0 Å². The van der Waals surface area contributed by atoms with Gasteiger partial charge in [-0.25, -0.2) is 4.79 Å². The van der Waals surface area contributed by atoms with E-state index in [0.717, 1.165) is 25.1 Å². The van der Waals surface area contributed by atoms with Crippen LogP contribution in [0, 0.1) is 0 Å². The van der Waals surface area contributed by atoms with Gasteiger partial charge in [0.25, 0.3) is 0 Å². The molecule has 0 aromatic heterocycles. The Bertz CT molecular complexity index is 463. The zero-order chi connectivity index (χ0) is 18.4. The molecular formula is C18H35N5O2. The SMILES string of the molecule is CN=C(NCCN(C)C1CCCC1)NC1CN(C(=O)OC(C)(C)C)C1. The Morgan fingerprint density at radius 1 is 1.28 bits per heavy atom. The maximum absolute atomic E-state index is 11.9. The van der Waals surface area contributed by atoms with Gasteiger partial charge in [0, 0.05) is 39.3 Å². The van der Waals surface area contributed by atoms with Gasteiger partial charge in [-0.05, 0) is 40.7 Å². The molecule has 0 aromatic rings. The minimum absolute atomic E-state index is 0.228. The minimum Gasteiger partial charge on any atom is -0.444 e. The number of aliphatic imine (C=N–C) groups is 1. The number of ether oxygens (including phenoxy) is 1. The summed E-state index contributed by atoms with van der Waals surface area (Å²) in [6.45, 7) is 8.84. The molecule has 1 saturated heterocycles. The Morgan fingerprint density at radius 2 is 1.92 bits per heavy atom. The van der Waals surface area contributed by atoms with Crippen LogP contribution in [0.1, 0.15) is 46.5 Å². The lowest BCUT2D eigenvalue weighted by atomic mass is 10.1. The molecule has 2 aliphatic rings. The quantitative estimate of drug-likeness (QED) is 0.581. The van der Waals surface area contributed by atoms with Crippen molar-refractivity contribution < 1.29 is 9.53 Å². The molecule has 2 fully saturated rings. The van der Waals surface area contributed by atoms with Crippen molar-refractivity contribution in [3.05, 3.63) is 0 Å². The third-order valence-corrected chi connectivity index (χ3v) is 4.80. The van der Waals surface area contributed by atoms with Crippen molar-refractivity contribution in [2.45, 2.75) is 64.1 Å². The van der Waals surface area contributed by atoms with Gasteiger partial charge in [-0.15, -0.1) is 0 Å². The molecule has 1 aliphatic carbocycles. The van der Waals surface area contributed by atoms with Gasteiger partial charge in [0.1, 0.15) is 5.60 Å². The van der Waals surface area contributed by atoms with Gasteiger partial charge in [0.05, 0.1) is 6.04 Å². The van der Waals surface area contributed by atoms with Crippen LogP contribution in [0.2, 0.25) is 0 Å². The Balaban J connectivity index is 1.62. The van der Waals surface area contributed by atoms with E-state index in [9.17, 15) is 4.79 Å². The second-order valence-corrected chi connectivity index (χ2v) is 8.14. The van der Waals surface area contributed by atoms with Crippen LogP contribution in [0.25, 0.3) is 0 Å². The van der Waals surface area contributed by atoms with E-state index >= 15 is 0 Å². The van der Waals surface area contributed by atoms with Gasteiger partial charge in [-0.2, -0.15) is 0 Å². The van der Waals surface area contributed by atoms with Crippen LogP contribution < -0.4 is 10.6 Å². The molecule has 0 unspecified atom stereocenters. The fourth-order valence-corrected chi connectivity index (χ4v) is 3.31. The molecule has 0 atom stereocenters. The normalized spacial score (nSPS) is 19.9. The second kappa shape index (κ2) is 8.74. The highest BCUT2D eigenvalue weighted by atomic mass is 16.6. The van der Waals surface area contributed by atoms with E-state index in [-0.39, 0.29) is 12.1 Å². The Labute approximate surface area is 152 Å². The highest BCUT2D eigenvalue weighted by Gasteiger charge is 2.34. The summed E-state index contributed by atoms with van der Waals surface area (Å²) in [5.74, 6) is 0.800. The first-order chi connectivity index (χ1) is 11.8. The Kier molecular flexibility index (Phi) is 6.93. The summed E-state index contributed by atoms with van der Waals surface area (Å²) >= 11 is 0. The molecule has 0 bridgehead atoms. The number of rotatable bonds is 5. The molecule has 2 N–H and O–H groups in total. The van der Waals surface area contributed by atoms with Gasteiger partial charge in [0.2, 0.25) is 0 Å². The standard InChI is InChI=1S/C18H35N5O2/c1-18(2,3)25-17(24)23-12-14(13-23)21-16(19-4)20-10-11-22(5)15-8-6-7-9-15/h14-15H,6-13H2,1-5H3,(H2,19,20,21). The van der Waals surface area contributed by atoms with Gasteiger partial charge in [0.15, 0.2) is 5.96 Å². The molecule has 7 heteroatoms. The summed E-state index contributed by atoms with van der Waals surface area (Å²) in [7, 11) is 3.98. The number of hydrogen-bond acceptors (Lipinski definition) is 4. The average molecular weight is 354 g/mol. The van der Waals surface area contributed by atoms with Crippen LogP contribution in [0.5, 0.6) is 0 Å². The van der Waals surface area contributed by atoms with Crippen LogP contribution >= 0.6 is 0 Å². The predicted octanol–water partition coefficient (Wildman–Crippen LogP) is 1.65. The Hall–Kier alpha value is -1.50. The molecule has 0 aromatic carbocycles. The summed E-state index contributed by atoms with van der Waals surface area (Å²) in [5.41, 5.74) is -0.446. The first-order valence-electron chi connectivity index (χ1n) is 9.44. The third-order valence-electron chi connectivity index (χ3n) is 4.80. The first-order valence-corrected chi connectivity index (χ1v) is 9.44. The van der Waals surface area contributed by atoms with Gasteiger partial charge in [-0.3, -0.25) is 4.99 Å². The maximum atomic E-state index is 11.9. The van der Waals surface area contributed by atoms with Crippen LogP contribution in [0.15, 0.2) is 4.99 Å². The molecule has 2 rings (SSSR count). The number of carbonyl (C=O) groups excluding carboxylic acids is 1. The number of likely N-dealkylation sites (N-methyl/N-ethyl adjacent to an activating group) is 1. The first kappa shape index (κ1) is 19.8. The molecule has 1 saturated carbocycles. The maximum Gasteiger partial charge on any atom is 0.410 e. The molecule has 7 nitrogen and oxygen atoms in total. The predicted molar refractivity (Wildman–Crippen MR) is 101 cm³/mol. The number of guanidine groups is 1. The number of hydrogen-bond donors (Lipinski definition) is 2. The molecule has 0 spiro atoms. The average Bonchev–Trinajstić information content (AvgIpc) is 3.00. The topological polar surface area (TPSA) is 69.2 Å². The number of nitrogens with one attached hydrogen (secondary N) is 2. The monoisotopic (exact) mass is 353 g/mol. The van der Waals surface area contributed by atoms with Crippen LogP contribution in [0.3, 0.4) is 0 Å². The molecule has 1 amide bonds. The highest BCUT2D eigenvalue weighted by Crippen LogP contribution is 2.21. The lowest BCUT2D eigenvalue weighted by Crippen LogP contribution is -2.63. The second-order valence-electron chi connectivity index (χ2n) is 8.14. The number of amides is 1. The summed E-state index contributed by atoms with van der Waals surface area (Å²) in [4.78, 5) is 20.4. The van der Waals surface area contributed by atoms with Gasteiger partial charge < -0.3 is 25.2 Å². The fraction of sp³-hybridized carbons (Fsp3) is 0.889. The lowest BCUT2D eigenvalue weighted by molar-refractivity contribution is 0.00701. The summed E-state index contributed by atoms with van der Waals surface area (Å²) in [5, 5.41) is 6.73. The minimum atomic E-state index is -0.446. The summed E-state index contributed by atoms with van der Waals surface area (Å²) in [6, 6.07) is 0.970. The fourth-order valence-electron chi connectivity index (χ4n) is 3.31. The smallest absolute Gasteiger partial charge is 0.410 e. The van der Waals surface area contributed by atoms with E-state index in [1.807, 2.05) is 20.8 Å². The molecule has 0 radical (unpaired) electrons. The Morgan fingerprint density at radius 3 is 2.48 bits per heavy atom. The van der Waals surface area contributed by atoms with Crippen molar-refractivity contribution in [2.24, 2.45) is 4.99 Å². The van der Waals surface area contributed by atoms with Gasteiger partial charge >= 0.3 is 6.09 Å². The zero-order valence-electron chi connectivity index (χ0n) is 16.5. The summed E-state index contributed by atoms with van der Waals surface area (Å²) in [6.07, 6.45) is 5.13. The van der Waals surface area contributed by atoms with Crippen LogP contribution in [0.4, 0.5) is 4.79 Å². The largest absolute Gasteiger partial charge is 0.444 e. The highest BCUT2D eigenvalue weighted by molar-refractivity contribution is 5.80. The molecule has 1 aliphatic heterocycles. The lowest BCUT2D eigenvalue weighted by Gasteiger charge is -2.40. The molecule has 144 valence electrons. The van der Waals surface area contributed by atoms with E-state index in [2.05, 4.69) is 27.6 Å². The van der Waals surface area contributed by atoms with E-state index in [4.69, 9.17) is 4.74 Å². The van der Waals surface area contributed by atoms with Crippen molar-refractivity contribution in [2.75, 3.05) is 40.3 Å². The van der Waals surface area contributed by atoms with E-state index in [1.54, 1.807) is 11.9 Å². The van der Waals surface area contributed by atoms with E-state index < -0.39 is 5.60 Å². The van der Waals surface area contributed by atoms with Crippen molar-refractivity contribution in [3.8, 4) is 0 Å². The number of carbonyl (C=O) groups is 1. The third kappa shape index (κ3) is 6.38. The van der Waals surface area contributed by atoms with Crippen LogP contribution in [-0.2, 0) is 4.74 Å². The van der Waals surface area contributed by atoms with E-state index in [1.165, 1.54) is 25.7 Å². The summed E-state index contributed by atoms with van der Waals surface area (Å²) < 4.78 is 5.37. The van der Waals surface area contributed by atoms with Crippen molar-refractivity contribution in [1.82, 2.24) is 20.4 Å². The van der Waals surface area contributed by atoms with Crippen LogP contribution in [-0.4, -0.2) is 79.8 Å².